The normalized spacial score (nSPS) is 21.6. The Morgan fingerprint density at radius 1 is 1.44 bits per heavy atom. The van der Waals surface area contributed by atoms with Gasteiger partial charge in [0, 0.05) is 13.1 Å². The van der Waals surface area contributed by atoms with Crippen LogP contribution in [0.3, 0.4) is 0 Å². The summed E-state index contributed by atoms with van der Waals surface area (Å²) >= 11 is 7.86. The number of anilines is 1. The molecule has 1 unspecified atom stereocenters. The zero-order valence-electron chi connectivity index (χ0n) is 8.77. The fraction of sp³-hybridized carbons (Fsp3) is 0.455. The molecule has 1 saturated heterocycles. The summed E-state index contributed by atoms with van der Waals surface area (Å²) in [7, 11) is 0. The lowest BCUT2D eigenvalue weighted by Gasteiger charge is -2.30. The van der Waals surface area contributed by atoms with Crippen molar-refractivity contribution in [2.75, 3.05) is 18.0 Å². The predicted octanol–water partition coefficient (Wildman–Crippen LogP) is 2.90. The molecule has 1 atom stereocenters. The Balaban J connectivity index is 2.01. The maximum Gasteiger partial charge on any atom is 0.140 e. The van der Waals surface area contributed by atoms with Crippen molar-refractivity contribution in [1.82, 2.24) is 9.97 Å². The Labute approximate surface area is 103 Å². The average Bonchev–Trinajstić information content (AvgIpc) is 2.76. The molecular weight excluding hydrogens is 242 g/mol. The summed E-state index contributed by atoms with van der Waals surface area (Å²) < 4.78 is 0. The van der Waals surface area contributed by atoms with Gasteiger partial charge in [-0.25, -0.2) is 9.97 Å². The van der Waals surface area contributed by atoms with Crippen LogP contribution in [0.2, 0.25) is 0 Å². The third-order valence-electron chi connectivity index (χ3n) is 2.90. The first-order valence-electron chi connectivity index (χ1n) is 5.42. The lowest BCUT2D eigenvalue weighted by molar-refractivity contribution is 0.581. The molecule has 3 nitrogen and oxygen atoms in total. The van der Waals surface area contributed by atoms with Crippen molar-refractivity contribution in [1.29, 1.82) is 0 Å². The van der Waals surface area contributed by atoms with E-state index in [4.69, 9.17) is 11.6 Å². The largest absolute Gasteiger partial charge is 0.354 e. The molecule has 0 bridgehead atoms. The van der Waals surface area contributed by atoms with Crippen molar-refractivity contribution in [3.63, 3.8) is 0 Å². The summed E-state index contributed by atoms with van der Waals surface area (Å²) in [6, 6.07) is 2.09. The Morgan fingerprint density at radius 2 is 2.38 bits per heavy atom. The van der Waals surface area contributed by atoms with E-state index in [0.29, 0.717) is 0 Å². The molecule has 0 amide bonds. The summed E-state index contributed by atoms with van der Waals surface area (Å²) in [4.78, 5) is 12.0. The van der Waals surface area contributed by atoms with Gasteiger partial charge in [-0.1, -0.05) is 0 Å². The highest BCUT2D eigenvalue weighted by molar-refractivity contribution is 7.16. The molecule has 1 aliphatic heterocycles. The van der Waals surface area contributed by atoms with Crippen LogP contribution >= 0.6 is 22.9 Å². The van der Waals surface area contributed by atoms with Gasteiger partial charge in [0.2, 0.25) is 0 Å². The number of piperidine rings is 1. The van der Waals surface area contributed by atoms with Crippen LogP contribution in [0.25, 0.3) is 10.2 Å². The molecule has 2 aromatic rings. The third-order valence-corrected chi connectivity index (χ3v) is 4.08. The van der Waals surface area contributed by atoms with Crippen molar-refractivity contribution in [3.05, 3.63) is 17.8 Å². The molecule has 16 heavy (non-hydrogen) atoms. The van der Waals surface area contributed by atoms with Gasteiger partial charge in [0.1, 0.15) is 17.0 Å². The summed E-state index contributed by atoms with van der Waals surface area (Å²) in [5.41, 5.74) is 0. The van der Waals surface area contributed by atoms with Gasteiger partial charge in [-0.3, -0.25) is 0 Å². The zero-order chi connectivity index (χ0) is 11.0. The Morgan fingerprint density at radius 3 is 3.25 bits per heavy atom. The van der Waals surface area contributed by atoms with Gasteiger partial charge in [-0.05, 0) is 24.3 Å². The van der Waals surface area contributed by atoms with E-state index in [-0.39, 0.29) is 5.38 Å². The van der Waals surface area contributed by atoms with Crippen molar-refractivity contribution in [2.45, 2.75) is 18.2 Å². The van der Waals surface area contributed by atoms with E-state index in [1.807, 2.05) is 0 Å². The smallest absolute Gasteiger partial charge is 0.140 e. The van der Waals surface area contributed by atoms with E-state index < -0.39 is 0 Å². The highest BCUT2D eigenvalue weighted by Gasteiger charge is 2.20. The molecule has 0 spiro atoms. The van der Waals surface area contributed by atoms with Crippen molar-refractivity contribution in [3.8, 4) is 0 Å². The predicted molar refractivity (Wildman–Crippen MR) is 68.5 cm³/mol. The molecule has 2 aromatic heterocycles. The van der Waals surface area contributed by atoms with E-state index in [1.165, 1.54) is 0 Å². The molecule has 0 N–H and O–H groups in total. The molecule has 84 valence electrons. The number of rotatable bonds is 1. The second-order valence-corrected chi connectivity index (χ2v) is 5.53. The first kappa shape index (κ1) is 10.3. The summed E-state index contributed by atoms with van der Waals surface area (Å²) in [6.45, 7) is 1.94. The fourth-order valence-corrected chi connectivity index (χ4v) is 3.19. The molecule has 0 aliphatic carbocycles. The van der Waals surface area contributed by atoms with Crippen LogP contribution in [0.1, 0.15) is 12.8 Å². The second kappa shape index (κ2) is 4.18. The van der Waals surface area contributed by atoms with E-state index in [9.17, 15) is 0 Å². The molecule has 0 aromatic carbocycles. The van der Waals surface area contributed by atoms with E-state index in [0.717, 1.165) is 42.0 Å². The standard InChI is InChI=1S/C11H12ClN3S/c12-8-2-1-4-15(6-8)10-9-3-5-16-11(9)14-7-13-10/h3,5,7-8H,1-2,4,6H2. The maximum absolute atomic E-state index is 6.20. The first-order chi connectivity index (χ1) is 7.84. The molecule has 1 fully saturated rings. The molecule has 0 saturated carbocycles. The highest BCUT2D eigenvalue weighted by Crippen LogP contribution is 2.29. The SMILES string of the molecule is ClC1CCCN(c2ncnc3sccc23)C1. The molecular formula is C11H12ClN3S. The first-order valence-corrected chi connectivity index (χ1v) is 6.73. The number of fused-ring (bicyclic) bond motifs is 1. The van der Waals surface area contributed by atoms with E-state index >= 15 is 0 Å². The zero-order valence-corrected chi connectivity index (χ0v) is 10.3. The summed E-state index contributed by atoms with van der Waals surface area (Å²) in [5.74, 6) is 1.04. The second-order valence-electron chi connectivity index (χ2n) is 4.02. The minimum Gasteiger partial charge on any atom is -0.354 e. The number of hydrogen-bond acceptors (Lipinski definition) is 4. The van der Waals surface area contributed by atoms with Crippen LogP contribution in [0, 0.1) is 0 Å². The summed E-state index contributed by atoms with van der Waals surface area (Å²) in [5, 5.41) is 3.46. The van der Waals surface area contributed by atoms with Gasteiger partial charge < -0.3 is 4.90 Å². The molecule has 1 aliphatic rings. The molecule has 5 heteroatoms. The van der Waals surface area contributed by atoms with Crippen LogP contribution < -0.4 is 4.90 Å². The third kappa shape index (κ3) is 1.76. The van der Waals surface area contributed by atoms with Crippen LogP contribution in [-0.2, 0) is 0 Å². The van der Waals surface area contributed by atoms with Crippen LogP contribution in [0.5, 0.6) is 0 Å². The summed E-state index contributed by atoms with van der Waals surface area (Å²) in [6.07, 6.45) is 3.89. The number of nitrogens with zero attached hydrogens (tertiary/aromatic N) is 3. The number of hydrogen-bond donors (Lipinski definition) is 0. The van der Waals surface area contributed by atoms with Gasteiger partial charge in [0.15, 0.2) is 0 Å². The number of thiophene rings is 1. The average molecular weight is 254 g/mol. The maximum atomic E-state index is 6.20. The van der Waals surface area contributed by atoms with Gasteiger partial charge in [0.05, 0.1) is 10.8 Å². The van der Waals surface area contributed by atoms with Gasteiger partial charge in [-0.15, -0.1) is 22.9 Å². The Hall–Kier alpha value is -0.870. The van der Waals surface area contributed by atoms with Crippen molar-refractivity contribution in [2.24, 2.45) is 0 Å². The van der Waals surface area contributed by atoms with Crippen LogP contribution in [0.15, 0.2) is 17.8 Å². The Kier molecular flexibility index (Phi) is 2.69. The minimum atomic E-state index is 0.248. The van der Waals surface area contributed by atoms with Crippen molar-refractivity contribution < 1.29 is 0 Å². The van der Waals surface area contributed by atoms with Crippen LogP contribution in [0.4, 0.5) is 5.82 Å². The van der Waals surface area contributed by atoms with Gasteiger partial charge in [0.25, 0.3) is 0 Å². The molecule has 3 rings (SSSR count). The van der Waals surface area contributed by atoms with Gasteiger partial charge >= 0.3 is 0 Å². The van der Waals surface area contributed by atoms with E-state index in [2.05, 4.69) is 26.3 Å². The monoisotopic (exact) mass is 253 g/mol. The van der Waals surface area contributed by atoms with E-state index in [1.54, 1.807) is 17.7 Å². The quantitative estimate of drug-likeness (QED) is 0.732. The lowest BCUT2D eigenvalue weighted by Crippen LogP contribution is -2.36. The Bertz CT molecular complexity index is 499. The van der Waals surface area contributed by atoms with Crippen LogP contribution in [-0.4, -0.2) is 28.4 Å². The fourth-order valence-electron chi connectivity index (χ4n) is 2.15. The number of halogens is 1. The highest BCUT2D eigenvalue weighted by atomic mass is 35.5. The van der Waals surface area contributed by atoms with Gasteiger partial charge in [-0.2, -0.15) is 0 Å². The number of aromatic nitrogens is 2. The molecule has 0 radical (unpaired) electrons. The number of alkyl halides is 1. The molecule has 3 heterocycles. The lowest BCUT2D eigenvalue weighted by atomic mass is 10.1. The topological polar surface area (TPSA) is 29.0 Å². The van der Waals surface area contributed by atoms with Crippen molar-refractivity contribution >= 4 is 39.0 Å². The minimum absolute atomic E-state index is 0.248.